The van der Waals surface area contributed by atoms with Crippen LogP contribution in [0.5, 0.6) is 0 Å². The van der Waals surface area contributed by atoms with Gasteiger partial charge in [-0.1, -0.05) is 29.8 Å². The number of benzene rings is 1. The average Bonchev–Trinajstić information content (AvgIpc) is 2.45. The molecular formula is C16H21NO3. The van der Waals surface area contributed by atoms with Gasteiger partial charge in [0.1, 0.15) is 0 Å². The molecule has 108 valence electrons. The van der Waals surface area contributed by atoms with E-state index in [0.717, 1.165) is 18.4 Å². The highest BCUT2D eigenvalue weighted by atomic mass is 16.3. The van der Waals surface area contributed by atoms with Crippen molar-refractivity contribution in [2.24, 2.45) is 0 Å². The zero-order chi connectivity index (χ0) is 14.5. The Bertz CT molecular complexity index is 481. The monoisotopic (exact) mass is 275 g/mol. The van der Waals surface area contributed by atoms with Crippen LogP contribution in [-0.4, -0.2) is 40.9 Å². The van der Waals surface area contributed by atoms with Crippen molar-refractivity contribution < 1.29 is 14.7 Å². The molecule has 1 saturated heterocycles. The largest absolute Gasteiger partial charge is 0.391 e. The number of aliphatic hydroxyl groups excluding tert-OH is 1. The molecule has 1 N–H and O–H groups in total. The van der Waals surface area contributed by atoms with Gasteiger partial charge < -0.3 is 10.0 Å². The highest BCUT2D eigenvalue weighted by molar-refractivity contribution is 5.97. The van der Waals surface area contributed by atoms with Crippen LogP contribution < -0.4 is 0 Å². The highest BCUT2D eigenvalue weighted by Gasteiger charge is 2.22. The second-order valence-corrected chi connectivity index (χ2v) is 5.43. The number of nitrogens with zero attached hydrogens (tertiary/aromatic N) is 1. The summed E-state index contributed by atoms with van der Waals surface area (Å²) in [7, 11) is 0. The molecule has 1 aliphatic rings. The van der Waals surface area contributed by atoms with Crippen molar-refractivity contribution in [2.75, 3.05) is 13.1 Å². The fourth-order valence-corrected chi connectivity index (χ4v) is 2.44. The van der Waals surface area contributed by atoms with Crippen molar-refractivity contribution in [3.8, 4) is 0 Å². The highest BCUT2D eigenvalue weighted by Crippen LogP contribution is 2.13. The lowest BCUT2D eigenvalue weighted by Crippen LogP contribution is -2.42. The maximum absolute atomic E-state index is 12.0. The number of carbonyl (C=O) groups is 2. The summed E-state index contributed by atoms with van der Waals surface area (Å²) in [6, 6.07) is 7.39. The molecule has 20 heavy (non-hydrogen) atoms. The van der Waals surface area contributed by atoms with E-state index in [4.69, 9.17) is 0 Å². The fourth-order valence-electron chi connectivity index (χ4n) is 2.44. The van der Waals surface area contributed by atoms with E-state index in [1.54, 1.807) is 17.0 Å². The predicted octanol–water partition coefficient (Wildman–Crippen LogP) is 1.94. The molecule has 1 atom stereocenters. The van der Waals surface area contributed by atoms with Crippen LogP contribution >= 0.6 is 0 Å². The first-order chi connectivity index (χ1) is 9.56. The minimum Gasteiger partial charge on any atom is -0.391 e. The van der Waals surface area contributed by atoms with Crippen LogP contribution in [0.2, 0.25) is 0 Å². The van der Waals surface area contributed by atoms with Gasteiger partial charge in [-0.25, -0.2) is 0 Å². The van der Waals surface area contributed by atoms with Gasteiger partial charge in [0, 0.05) is 31.5 Å². The van der Waals surface area contributed by atoms with E-state index in [0.29, 0.717) is 18.7 Å². The molecule has 1 aliphatic heterocycles. The van der Waals surface area contributed by atoms with Crippen molar-refractivity contribution >= 4 is 11.7 Å². The number of piperidine rings is 1. The van der Waals surface area contributed by atoms with Crippen LogP contribution in [0.25, 0.3) is 0 Å². The molecule has 0 aromatic heterocycles. The average molecular weight is 275 g/mol. The molecule has 1 amide bonds. The van der Waals surface area contributed by atoms with Crippen LogP contribution in [0.4, 0.5) is 0 Å². The van der Waals surface area contributed by atoms with Gasteiger partial charge in [-0.2, -0.15) is 0 Å². The molecule has 1 unspecified atom stereocenters. The maximum atomic E-state index is 12.0. The van der Waals surface area contributed by atoms with E-state index >= 15 is 0 Å². The molecule has 0 aliphatic carbocycles. The molecule has 2 rings (SSSR count). The predicted molar refractivity (Wildman–Crippen MR) is 76.6 cm³/mol. The lowest BCUT2D eigenvalue weighted by atomic mass is 10.0. The van der Waals surface area contributed by atoms with Crippen LogP contribution in [0, 0.1) is 6.92 Å². The Morgan fingerprint density at radius 3 is 2.60 bits per heavy atom. The van der Waals surface area contributed by atoms with Crippen molar-refractivity contribution in [3.05, 3.63) is 35.4 Å². The summed E-state index contributed by atoms with van der Waals surface area (Å²) < 4.78 is 0. The van der Waals surface area contributed by atoms with Gasteiger partial charge >= 0.3 is 0 Å². The molecule has 1 fully saturated rings. The van der Waals surface area contributed by atoms with Crippen LogP contribution in [0.3, 0.4) is 0 Å². The number of hydrogen-bond acceptors (Lipinski definition) is 3. The summed E-state index contributed by atoms with van der Waals surface area (Å²) in [5.74, 6) is -0.0416. The molecule has 0 spiro atoms. The molecular weight excluding hydrogens is 254 g/mol. The first-order valence-electron chi connectivity index (χ1n) is 7.12. The Hall–Kier alpha value is -1.68. The van der Waals surface area contributed by atoms with Gasteiger partial charge in [0.25, 0.3) is 0 Å². The van der Waals surface area contributed by atoms with Gasteiger partial charge in [-0.3, -0.25) is 9.59 Å². The summed E-state index contributed by atoms with van der Waals surface area (Å²) in [6.07, 6.45) is 1.62. The Morgan fingerprint density at radius 2 is 1.95 bits per heavy atom. The number of carbonyl (C=O) groups excluding carboxylic acids is 2. The van der Waals surface area contributed by atoms with Gasteiger partial charge in [0.05, 0.1) is 6.10 Å². The molecule has 0 radical (unpaired) electrons. The van der Waals surface area contributed by atoms with Crippen molar-refractivity contribution in [1.82, 2.24) is 4.90 Å². The molecule has 0 bridgehead atoms. The van der Waals surface area contributed by atoms with Crippen LogP contribution in [-0.2, 0) is 4.79 Å². The number of aryl methyl sites for hydroxylation is 1. The summed E-state index contributed by atoms with van der Waals surface area (Å²) in [5.41, 5.74) is 1.77. The Kier molecular flexibility index (Phi) is 4.90. The van der Waals surface area contributed by atoms with Crippen molar-refractivity contribution in [1.29, 1.82) is 0 Å². The lowest BCUT2D eigenvalue weighted by Gasteiger charge is -2.30. The Morgan fingerprint density at radius 1 is 1.25 bits per heavy atom. The Labute approximate surface area is 119 Å². The molecule has 4 nitrogen and oxygen atoms in total. The van der Waals surface area contributed by atoms with Gasteiger partial charge in [0.2, 0.25) is 5.91 Å². The third kappa shape index (κ3) is 3.90. The smallest absolute Gasteiger partial charge is 0.223 e. The second kappa shape index (κ2) is 6.66. The molecule has 1 aromatic carbocycles. The van der Waals surface area contributed by atoms with E-state index in [1.807, 2.05) is 19.1 Å². The third-order valence-corrected chi connectivity index (χ3v) is 3.69. The number of rotatable bonds is 4. The SMILES string of the molecule is Cc1ccc(C(=O)CCC(=O)N2CCCC(O)C2)cc1. The second-order valence-electron chi connectivity index (χ2n) is 5.43. The van der Waals surface area contributed by atoms with Gasteiger partial charge in [-0.15, -0.1) is 0 Å². The van der Waals surface area contributed by atoms with E-state index in [-0.39, 0.29) is 24.5 Å². The summed E-state index contributed by atoms with van der Waals surface area (Å²) in [6.45, 7) is 3.06. The van der Waals surface area contributed by atoms with Crippen LogP contribution in [0.15, 0.2) is 24.3 Å². The van der Waals surface area contributed by atoms with E-state index < -0.39 is 6.10 Å². The summed E-state index contributed by atoms with van der Waals surface area (Å²) in [5, 5.41) is 9.55. The molecule has 0 saturated carbocycles. The zero-order valence-electron chi connectivity index (χ0n) is 11.8. The first-order valence-corrected chi connectivity index (χ1v) is 7.12. The normalized spacial score (nSPS) is 18.9. The number of amides is 1. The molecule has 1 heterocycles. The summed E-state index contributed by atoms with van der Waals surface area (Å²) >= 11 is 0. The number of hydrogen-bond donors (Lipinski definition) is 1. The minimum absolute atomic E-state index is 0.00379. The minimum atomic E-state index is -0.416. The lowest BCUT2D eigenvalue weighted by molar-refractivity contribution is -0.134. The van der Waals surface area contributed by atoms with Gasteiger partial charge in [-0.05, 0) is 19.8 Å². The fraction of sp³-hybridized carbons (Fsp3) is 0.500. The van der Waals surface area contributed by atoms with E-state index in [2.05, 4.69) is 0 Å². The summed E-state index contributed by atoms with van der Waals surface area (Å²) in [4.78, 5) is 25.6. The first kappa shape index (κ1) is 14.7. The van der Waals surface area contributed by atoms with E-state index in [9.17, 15) is 14.7 Å². The number of ketones is 1. The van der Waals surface area contributed by atoms with Crippen molar-refractivity contribution in [3.63, 3.8) is 0 Å². The number of β-amino-alcohol motifs (C(OH)–C–C–N with tert-alkyl or cyclic N) is 1. The number of Topliss-reactive ketones (excluding diaryl/α,β-unsaturated/α-hetero) is 1. The zero-order valence-corrected chi connectivity index (χ0v) is 11.8. The third-order valence-electron chi connectivity index (χ3n) is 3.69. The topological polar surface area (TPSA) is 57.6 Å². The maximum Gasteiger partial charge on any atom is 0.223 e. The number of likely N-dealkylation sites (tertiary alicyclic amines) is 1. The quantitative estimate of drug-likeness (QED) is 0.854. The van der Waals surface area contributed by atoms with Crippen molar-refractivity contribution in [2.45, 2.75) is 38.7 Å². The molecule has 1 aromatic rings. The number of aliphatic hydroxyl groups is 1. The van der Waals surface area contributed by atoms with Crippen LogP contribution in [0.1, 0.15) is 41.6 Å². The standard InChI is InChI=1S/C16H21NO3/c1-12-4-6-13(7-5-12)15(19)8-9-16(20)17-10-2-3-14(18)11-17/h4-7,14,18H,2-3,8-11H2,1H3. The molecule has 4 heteroatoms. The van der Waals surface area contributed by atoms with E-state index in [1.165, 1.54) is 0 Å². The Balaban J connectivity index is 1.83. The van der Waals surface area contributed by atoms with Gasteiger partial charge in [0.15, 0.2) is 5.78 Å².